The van der Waals surface area contributed by atoms with Gasteiger partial charge in [0.1, 0.15) is 0 Å². The van der Waals surface area contributed by atoms with E-state index in [0.717, 1.165) is 0 Å². The zero-order valence-electron chi connectivity index (χ0n) is 18.7. The molecule has 0 aliphatic heterocycles. The van der Waals surface area contributed by atoms with Crippen molar-refractivity contribution in [1.29, 1.82) is 0 Å². The van der Waals surface area contributed by atoms with Gasteiger partial charge in [0.25, 0.3) is 0 Å². The normalized spacial score (nSPS) is 12.3. The van der Waals surface area contributed by atoms with E-state index in [1.165, 1.54) is 28.4 Å². The van der Waals surface area contributed by atoms with Crippen LogP contribution < -0.4 is 18.9 Å². The predicted molar refractivity (Wildman–Crippen MR) is 119 cm³/mol. The first-order chi connectivity index (χ1) is 15.7. The standard InChI is InChI=1S/C24H23ClF3NO4/c1-13-11-16(30-2)21(31-3)22(32-4)17(13)18(14-9-7-6-8-10-14)19-20(25)15(24(26,27)28)12-29-23(19)33-5/h6-12,18H,1-5H3. The third-order valence-corrected chi connectivity index (χ3v) is 5.71. The summed E-state index contributed by atoms with van der Waals surface area (Å²) < 4.78 is 63.3. The number of pyridine rings is 1. The molecule has 33 heavy (non-hydrogen) atoms. The first-order valence-electron chi connectivity index (χ1n) is 9.83. The van der Waals surface area contributed by atoms with Gasteiger partial charge in [-0.1, -0.05) is 41.9 Å². The van der Waals surface area contributed by atoms with Crippen LogP contribution in [0.5, 0.6) is 23.1 Å². The molecule has 1 unspecified atom stereocenters. The van der Waals surface area contributed by atoms with Crippen LogP contribution in [-0.4, -0.2) is 33.4 Å². The van der Waals surface area contributed by atoms with Crippen LogP contribution in [0.25, 0.3) is 0 Å². The monoisotopic (exact) mass is 481 g/mol. The molecule has 0 aliphatic carbocycles. The van der Waals surface area contributed by atoms with Gasteiger partial charge in [0.15, 0.2) is 11.5 Å². The predicted octanol–water partition coefficient (Wildman–Crippen LogP) is 6.28. The zero-order valence-corrected chi connectivity index (χ0v) is 19.5. The van der Waals surface area contributed by atoms with Crippen LogP contribution in [-0.2, 0) is 6.18 Å². The summed E-state index contributed by atoms with van der Waals surface area (Å²) in [5.74, 6) is 0.175. The quantitative estimate of drug-likeness (QED) is 0.397. The maximum Gasteiger partial charge on any atom is 0.419 e. The molecule has 3 aromatic rings. The van der Waals surface area contributed by atoms with Gasteiger partial charge in [-0.05, 0) is 24.1 Å². The van der Waals surface area contributed by atoms with Gasteiger partial charge in [-0.15, -0.1) is 0 Å². The fourth-order valence-electron chi connectivity index (χ4n) is 3.88. The third kappa shape index (κ3) is 4.53. The molecule has 0 saturated carbocycles. The van der Waals surface area contributed by atoms with Crippen molar-refractivity contribution in [2.45, 2.75) is 19.0 Å². The number of ether oxygens (including phenoxy) is 4. The Kier molecular flexibility index (Phi) is 7.27. The molecule has 0 spiro atoms. The summed E-state index contributed by atoms with van der Waals surface area (Å²) in [7, 11) is 5.72. The Morgan fingerprint density at radius 2 is 1.52 bits per heavy atom. The molecule has 176 valence electrons. The van der Waals surface area contributed by atoms with Crippen molar-refractivity contribution in [2.24, 2.45) is 0 Å². The first kappa shape index (κ1) is 24.5. The van der Waals surface area contributed by atoms with Crippen LogP contribution in [0.2, 0.25) is 5.02 Å². The lowest BCUT2D eigenvalue weighted by molar-refractivity contribution is -0.137. The zero-order chi connectivity index (χ0) is 24.3. The van der Waals surface area contributed by atoms with Crippen molar-refractivity contribution in [3.8, 4) is 23.1 Å². The Bertz CT molecular complexity index is 1140. The summed E-state index contributed by atoms with van der Waals surface area (Å²) in [5, 5.41) is -0.501. The number of rotatable bonds is 7. The van der Waals surface area contributed by atoms with Crippen molar-refractivity contribution in [1.82, 2.24) is 4.98 Å². The van der Waals surface area contributed by atoms with Gasteiger partial charge in [0.2, 0.25) is 11.6 Å². The van der Waals surface area contributed by atoms with E-state index < -0.39 is 22.7 Å². The van der Waals surface area contributed by atoms with Crippen molar-refractivity contribution in [3.05, 3.63) is 75.4 Å². The van der Waals surface area contributed by atoms with Crippen LogP contribution in [0, 0.1) is 6.92 Å². The lowest BCUT2D eigenvalue weighted by Crippen LogP contribution is -2.15. The van der Waals surface area contributed by atoms with E-state index in [9.17, 15) is 13.2 Å². The smallest absolute Gasteiger partial charge is 0.419 e. The summed E-state index contributed by atoms with van der Waals surface area (Å²) in [5.41, 5.74) is 0.899. The minimum Gasteiger partial charge on any atom is -0.493 e. The molecule has 0 saturated heterocycles. The SMILES string of the molecule is COc1cc(C)c(C(c2ccccc2)c2c(OC)ncc(C(F)(F)F)c2Cl)c(OC)c1OC. The first-order valence-corrected chi connectivity index (χ1v) is 10.2. The second-order valence-electron chi connectivity index (χ2n) is 7.13. The highest BCUT2D eigenvalue weighted by atomic mass is 35.5. The highest BCUT2D eigenvalue weighted by Gasteiger charge is 2.39. The number of hydrogen-bond donors (Lipinski definition) is 0. The number of hydrogen-bond acceptors (Lipinski definition) is 5. The van der Waals surface area contributed by atoms with Crippen molar-refractivity contribution in [2.75, 3.05) is 28.4 Å². The van der Waals surface area contributed by atoms with Crippen molar-refractivity contribution in [3.63, 3.8) is 0 Å². The van der Waals surface area contributed by atoms with Gasteiger partial charge in [-0.2, -0.15) is 13.2 Å². The van der Waals surface area contributed by atoms with Gasteiger partial charge in [0, 0.05) is 23.2 Å². The van der Waals surface area contributed by atoms with Crippen LogP contribution in [0.4, 0.5) is 13.2 Å². The van der Waals surface area contributed by atoms with Crippen LogP contribution >= 0.6 is 11.6 Å². The van der Waals surface area contributed by atoms with E-state index in [-0.39, 0.29) is 11.4 Å². The van der Waals surface area contributed by atoms with E-state index in [1.54, 1.807) is 37.3 Å². The summed E-state index contributed by atoms with van der Waals surface area (Å²) in [6.45, 7) is 1.80. The molecule has 3 rings (SSSR count). The largest absolute Gasteiger partial charge is 0.493 e. The van der Waals surface area contributed by atoms with Gasteiger partial charge in [0.05, 0.1) is 39.0 Å². The Balaban J connectivity index is 2.49. The van der Waals surface area contributed by atoms with E-state index >= 15 is 0 Å². The molecule has 0 aliphatic rings. The fourth-order valence-corrected chi connectivity index (χ4v) is 4.23. The lowest BCUT2D eigenvalue weighted by atomic mass is 9.82. The highest BCUT2D eigenvalue weighted by molar-refractivity contribution is 6.32. The third-order valence-electron chi connectivity index (χ3n) is 5.30. The molecule has 0 radical (unpaired) electrons. The molecule has 1 aromatic heterocycles. The average molecular weight is 482 g/mol. The molecule has 5 nitrogen and oxygen atoms in total. The Hall–Kier alpha value is -3.13. The molecule has 0 N–H and O–H groups in total. The summed E-state index contributed by atoms with van der Waals surface area (Å²) in [6.07, 6.45) is -4.03. The second-order valence-corrected chi connectivity index (χ2v) is 7.50. The number of alkyl halides is 3. The molecule has 0 bridgehead atoms. The number of benzene rings is 2. The average Bonchev–Trinajstić information content (AvgIpc) is 2.80. The topological polar surface area (TPSA) is 49.8 Å². The van der Waals surface area contributed by atoms with Crippen LogP contribution in [0.15, 0.2) is 42.6 Å². The number of aromatic nitrogens is 1. The summed E-state index contributed by atoms with van der Waals surface area (Å²) in [6, 6.07) is 10.7. The summed E-state index contributed by atoms with van der Waals surface area (Å²) in [4.78, 5) is 3.93. The van der Waals surface area contributed by atoms with Crippen molar-refractivity contribution < 1.29 is 32.1 Å². The van der Waals surface area contributed by atoms with Gasteiger partial charge < -0.3 is 18.9 Å². The molecular formula is C24H23ClF3NO4. The molecule has 0 fully saturated rings. The van der Waals surface area contributed by atoms with Gasteiger partial charge in [-0.3, -0.25) is 0 Å². The second kappa shape index (κ2) is 9.79. The van der Waals surface area contributed by atoms with Gasteiger partial charge in [-0.25, -0.2) is 4.98 Å². The van der Waals surface area contributed by atoms with Crippen molar-refractivity contribution >= 4 is 11.6 Å². The molecule has 1 atom stereocenters. The Morgan fingerprint density at radius 3 is 2.03 bits per heavy atom. The van der Waals surface area contributed by atoms with E-state index in [2.05, 4.69) is 4.98 Å². The van der Waals surface area contributed by atoms with Crippen LogP contribution in [0.3, 0.4) is 0 Å². The minimum atomic E-state index is -4.71. The molecule has 2 aromatic carbocycles. The maximum absolute atomic E-state index is 13.7. The van der Waals surface area contributed by atoms with Crippen LogP contribution in [0.1, 0.15) is 33.7 Å². The Morgan fingerprint density at radius 1 is 0.879 bits per heavy atom. The highest BCUT2D eigenvalue weighted by Crippen LogP contribution is 2.52. The molecule has 9 heteroatoms. The van der Waals surface area contributed by atoms with Gasteiger partial charge >= 0.3 is 6.18 Å². The van der Waals surface area contributed by atoms with E-state index in [1.807, 2.05) is 6.07 Å². The fraction of sp³-hybridized carbons (Fsp3) is 0.292. The molecular weight excluding hydrogens is 459 g/mol. The lowest BCUT2D eigenvalue weighted by Gasteiger charge is -2.27. The summed E-state index contributed by atoms with van der Waals surface area (Å²) >= 11 is 6.42. The maximum atomic E-state index is 13.7. The van der Waals surface area contributed by atoms with E-state index in [4.69, 9.17) is 30.5 Å². The number of nitrogens with zero attached hydrogens (tertiary/aromatic N) is 1. The molecule has 0 amide bonds. The number of halogens is 4. The Labute approximate surface area is 195 Å². The number of methoxy groups -OCH3 is 4. The number of aryl methyl sites for hydroxylation is 1. The molecule has 1 heterocycles. The van der Waals surface area contributed by atoms with E-state index in [0.29, 0.717) is 40.1 Å². The minimum absolute atomic E-state index is 0.0295.